The summed E-state index contributed by atoms with van der Waals surface area (Å²) in [5.41, 5.74) is 6.60. The molecule has 1 aliphatic rings. The Hall–Kier alpha value is -2.51. The lowest BCUT2D eigenvalue weighted by Crippen LogP contribution is -2.30. The number of thiazole rings is 1. The van der Waals surface area contributed by atoms with Crippen molar-refractivity contribution in [1.29, 1.82) is 0 Å². The highest BCUT2D eigenvalue weighted by atomic mass is 32.1. The fourth-order valence-corrected chi connectivity index (χ4v) is 4.27. The first-order chi connectivity index (χ1) is 13.0. The maximum atomic E-state index is 12.3. The number of aromatic amines is 1. The van der Waals surface area contributed by atoms with E-state index in [-0.39, 0.29) is 5.91 Å². The molecule has 7 heteroatoms. The Kier molecular flexibility index (Phi) is 4.80. The van der Waals surface area contributed by atoms with Crippen molar-refractivity contribution in [3.8, 4) is 0 Å². The summed E-state index contributed by atoms with van der Waals surface area (Å²) in [6, 6.07) is 6.07. The molecule has 4 rings (SSSR count). The lowest BCUT2D eigenvalue weighted by Gasteiger charge is -2.25. The average Bonchev–Trinajstić information content (AvgIpc) is 3.27. The van der Waals surface area contributed by atoms with E-state index < -0.39 is 0 Å². The quantitative estimate of drug-likeness (QED) is 0.748. The molecule has 0 aliphatic carbocycles. The lowest BCUT2D eigenvalue weighted by atomic mass is 10.1. The van der Waals surface area contributed by atoms with E-state index in [0.29, 0.717) is 0 Å². The maximum Gasteiger partial charge on any atom is 0.230 e. The summed E-state index contributed by atoms with van der Waals surface area (Å²) < 4.78 is 0. The number of aromatic nitrogens is 3. The molecule has 0 saturated carbocycles. The fourth-order valence-electron chi connectivity index (χ4n) is 3.40. The van der Waals surface area contributed by atoms with Crippen LogP contribution in [0.25, 0.3) is 0 Å². The van der Waals surface area contributed by atoms with E-state index in [4.69, 9.17) is 4.98 Å². The van der Waals surface area contributed by atoms with Gasteiger partial charge < -0.3 is 4.98 Å². The molecule has 140 valence electrons. The largest absolute Gasteiger partial charge is 0.347 e. The number of amides is 1. The zero-order valence-corrected chi connectivity index (χ0v) is 16.6. The van der Waals surface area contributed by atoms with E-state index in [1.54, 1.807) is 18.2 Å². The smallest absolute Gasteiger partial charge is 0.230 e. The number of carbonyl (C=O) groups excluding carboxylic acids is 1. The number of fused-ring (bicyclic) bond motifs is 1. The van der Waals surface area contributed by atoms with Crippen molar-refractivity contribution in [2.75, 3.05) is 11.4 Å². The van der Waals surface area contributed by atoms with Gasteiger partial charge in [0.15, 0.2) is 5.13 Å². The summed E-state index contributed by atoms with van der Waals surface area (Å²) in [5.74, 6) is -0.0285. The van der Waals surface area contributed by atoms with Crippen LogP contribution in [-0.2, 0) is 24.3 Å². The minimum atomic E-state index is -0.0285. The molecular formula is C20H23N5OS. The first-order valence-corrected chi connectivity index (χ1v) is 9.95. The van der Waals surface area contributed by atoms with Gasteiger partial charge in [-0.05, 0) is 37.1 Å². The molecular weight excluding hydrogens is 358 g/mol. The van der Waals surface area contributed by atoms with Gasteiger partial charge in [-0.25, -0.2) is 9.97 Å². The van der Waals surface area contributed by atoms with Crippen molar-refractivity contribution >= 4 is 28.1 Å². The number of imidazole rings is 1. The summed E-state index contributed by atoms with van der Waals surface area (Å²) in [4.78, 5) is 28.7. The monoisotopic (exact) mass is 381 g/mol. The van der Waals surface area contributed by atoms with Crippen LogP contribution in [0.1, 0.15) is 35.1 Å². The number of nitrogens with zero attached hydrogens (tertiary/aromatic N) is 4. The van der Waals surface area contributed by atoms with Crippen LogP contribution in [0.5, 0.6) is 0 Å². The second kappa shape index (κ2) is 7.25. The highest BCUT2D eigenvalue weighted by molar-refractivity contribution is 7.14. The number of hydrogen-bond acceptors (Lipinski definition) is 5. The Bertz CT molecular complexity index is 976. The molecule has 0 atom stereocenters. The van der Waals surface area contributed by atoms with Crippen LogP contribution >= 0.6 is 11.3 Å². The SMILES string of the molecule is CC(=O)N(c1ccc(C)c(C)c1)c1nc(CN2CCc3nc[nH]c3C2)cs1. The molecule has 0 fully saturated rings. The van der Waals surface area contributed by atoms with Gasteiger partial charge >= 0.3 is 0 Å². The van der Waals surface area contributed by atoms with Crippen LogP contribution in [0.4, 0.5) is 10.8 Å². The van der Waals surface area contributed by atoms with Gasteiger partial charge in [-0.2, -0.15) is 0 Å². The molecule has 1 N–H and O–H groups in total. The van der Waals surface area contributed by atoms with Gasteiger partial charge in [-0.3, -0.25) is 14.6 Å². The number of benzene rings is 1. The maximum absolute atomic E-state index is 12.3. The number of hydrogen-bond donors (Lipinski definition) is 1. The van der Waals surface area contributed by atoms with Gasteiger partial charge in [0.05, 0.1) is 29.1 Å². The zero-order chi connectivity index (χ0) is 19.0. The molecule has 0 radical (unpaired) electrons. The van der Waals surface area contributed by atoms with E-state index in [9.17, 15) is 4.79 Å². The minimum absolute atomic E-state index is 0.0285. The lowest BCUT2D eigenvalue weighted by molar-refractivity contribution is -0.115. The van der Waals surface area contributed by atoms with E-state index in [2.05, 4.69) is 34.1 Å². The van der Waals surface area contributed by atoms with Crippen molar-refractivity contribution < 1.29 is 4.79 Å². The Morgan fingerprint density at radius 2 is 2.19 bits per heavy atom. The van der Waals surface area contributed by atoms with Crippen molar-refractivity contribution in [2.24, 2.45) is 0 Å². The van der Waals surface area contributed by atoms with Crippen LogP contribution in [-0.4, -0.2) is 32.3 Å². The minimum Gasteiger partial charge on any atom is -0.347 e. The predicted octanol–water partition coefficient (Wildman–Crippen LogP) is 3.73. The van der Waals surface area contributed by atoms with Crippen molar-refractivity contribution in [3.05, 3.63) is 58.1 Å². The third-order valence-corrected chi connectivity index (χ3v) is 5.91. The number of rotatable bonds is 4. The molecule has 0 unspecified atom stereocenters. The number of nitrogens with one attached hydrogen (secondary N) is 1. The fraction of sp³-hybridized carbons (Fsp3) is 0.350. The van der Waals surface area contributed by atoms with Crippen LogP contribution in [0, 0.1) is 13.8 Å². The van der Waals surface area contributed by atoms with Crippen LogP contribution in [0.2, 0.25) is 0 Å². The van der Waals surface area contributed by atoms with Crippen LogP contribution < -0.4 is 4.90 Å². The van der Waals surface area contributed by atoms with Gasteiger partial charge in [0.1, 0.15) is 0 Å². The summed E-state index contributed by atoms with van der Waals surface area (Å²) in [5, 5.41) is 2.77. The van der Waals surface area contributed by atoms with E-state index in [1.165, 1.54) is 33.9 Å². The molecule has 2 aromatic heterocycles. The molecule has 3 heterocycles. The molecule has 1 aromatic carbocycles. The van der Waals surface area contributed by atoms with Gasteiger partial charge in [0.25, 0.3) is 0 Å². The van der Waals surface area contributed by atoms with Crippen molar-refractivity contribution in [3.63, 3.8) is 0 Å². The van der Waals surface area contributed by atoms with E-state index >= 15 is 0 Å². The number of aryl methyl sites for hydroxylation is 2. The Morgan fingerprint density at radius 1 is 1.33 bits per heavy atom. The first kappa shape index (κ1) is 17.9. The Morgan fingerprint density at radius 3 is 2.96 bits per heavy atom. The van der Waals surface area contributed by atoms with E-state index in [0.717, 1.165) is 42.6 Å². The topological polar surface area (TPSA) is 65.1 Å². The molecule has 27 heavy (non-hydrogen) atoms. The average molecular weight is 382 g/mol. The highest BCUT2D eigenvalue weighted by Crippen LogP contribution is 2.31. The van der Waals surface area contributed by atoms with Crippen molar-refractivity contribution in [1.82, 2.24) is 19.9 Å². The summed E-state index contributed by atoms with van der Waals surface area (Å²) in [7, 11) is 0. The van der Waals surface area contributed by atoms with Gasteiger partial charge in [-0.1, -0.05) is 6.07 Å². The number of carbonyl (C=O) groups is 1. The molecule has 0 saturated heterocycles. The molecule has 0 bridgehead atoms. The summed E-state index contributed by atoms with van der Waals surface area (Å²) in [6.07, 6.45) is 2.72. The third kappa shape index (κ3) is 3.65. The highest BCUT2D eigenvalue weighted by Gasteiger charge is 2.21. The molecule has 1 amide bonds. The normalized spacial score (nSPS) is 14.2. The van der Waals surface area contributed by atoms with Crippen LogP contribution in [0.15, 0.2) is 29.9 Å². The Labute approximate surface area is 162 Å². The molecule has 6 nitrogen and oxygen atoms in total. The molecule has 3 aromatic rings. The molecule has 0 spiro atoms. The number of anilines is 2. The third-order valence-electron chi connectivity index (χ3n) is 5.03. The van der Waals surface area contributed by atoms with Crippen LogP contribution in [0.3, 0.4) is 0 Å². The van der Waals surface area contributed by atoms with Gasteiger partial charge in [0.2, 0.25) is 5.91 Å². The molecule has 1 aliphatic heterocycles. The van der Waals surface area contributed by atoms with E-state index in [1.807, 2.05) is 18.2 Å². The first-order valence-electron chi connectivity index (χ1n) is 9.07. The predicted molar refractivity (Wildman–Crippen MR) is 107 cm³/mol. The summed E-state index contributed by atoms with van der Waals surface area (Å²) >= 11 is 1.51. The zero-order valence-electron chi connectivity index (χ0n) is 15.8. The standard InChI is InChI=1S/C20H23N5OS/c1-13-4-5-17(8-14(13)2)25(15(3)26)20-23-16(11-27-20)9-24-7-6-18-19(10-24)22-12-21-18/h4-5,8,11-12H,6-7,9-10H2,1-3H3,(H,21,22). The second-order valence-corrected chi connectivity index (χ2v) is 7.87. The van der Waals surface area contributed by atoms with Crippen molar-refractivity contribution in [2.45, 2.75) is 40.3 Å². The summed E-state index contributed by atoms with van der Waals surface area (Å²) in [6.45, 7) is 8.31. The Balaban J connectivity index is 1.53. The van der Waals surface area contributed by atoms with Gasteiger partial charge in [-0.15, -0.1) is 11.3 Å². The second-order valence-electron chi connectivity index (χ2n) is 7.03. The van der Waals surface area contributed by atoms with Gasteiger partial charge in [0, 0.05) is 38.4 Å². The number of H-pyrrole nitrogens is 1.